The summed E-state index contributed by atoms with van der Waals surface area (Å²) in [5.41, 5.74) is -0.218. The number of aryl methyl sites for hydroxylation is 1. The van der Waals surface area contributed by atoms with Crippen LogP contribution in [0.1, 0.15) is 33.5 Å². The van der Waals surface area contributed by atoms with E-state index in [0.29, 0.717) is 30.4 Å². The fourth-order valence-electron chi connectivity index (χ4n) is 4.74. The second-order valence-electron chi connectivity index (χ2n) is 10.5. The summed E-state index contributed by atoms with van der Waals surface area (Å²) in [7, 11) is 4.35. The molecule has 45 heavy (non-hydrogen) atoms. The highest BCUT2D eigenvalue weighted by molar-refractivity contribution is 7.80. The van der Waals surface area contributed by atoms with Crippen molar-refractivity contribution >= 4 is 40.3 Å². The molecule has 1 aromatic heterocycles. The van der Waals surface area contributed by atoms with E-state index in [0.717, 1.165) is 22.0 Å². The number of hydrogen-bond donors (Lipinski definition) is 4. The van der Waals surface area contributed by atoms with Crippen LogP contribution in [0.4, 0.5) is 45.1 Å². The minimum Gasteiger partial charge on any atom is -0.495 e. The Morgan fingerprint density at radius 2 is 2.00 bits per heavy atom. The molecule has 1 aliphatic rings. The molecule has 2 heterocycles. The number of rotatable bonds is 10. The lowest BCUT2D eigenvalue weighted by Gasteiger charge is -2.32. The standard InChI is InChI=1S/C28H32F5N7O4S/c1-15-5-6-16(23(9-15)40(3)45(42)43)12-34-25-18(28(31,32)33)13-35-27(38-25)37-22-11-19(29)17(10-24(22)44-4)26(41)36-21-7-8-39(2)14-20(21)30/h5-6,9-11,13,20-21H,7-8,12,14H2,1-4H3,(H,36,41)(H,42,43)(H2,34,35,37,38)/t20-,21+/m0/s1. The van der Waals surface area contributed by atoms with Gasteiger partial charge in [-0.25, -0.2) is 18.0 Å². The second-order valence-corrected chi connectivity index (χ2v) is 11.5. The molecule has 1 fully saturated rings. The van der Waals surface area contributed by atoms with E-state index in [1.807, 2.05) is 0 Å². The Balaban J connectivity index is 1.59. The molecule has 17 heteroatoms. The lowest BCUT2D eigenvalue weighted by atomic mass is 10.0. The Labute approximate surface area is 258 Å². The van der Waals surface area contributed by atoms with Crippen molar-refractivity contribution in [3.63, 3.8) is 0 Å². The summed E-state index contributed by atoms with van der Waals surface area (Å²) >= 11 is -2.38. The van der Waals surface area contributed by atoms with Gasteiger partial charge in [0.1, 0.15) is 29.1 Å². The first-order chi connectivity index (χ1) is 21.2. The quantitative estimate of drug-likeness (QED) is 0.182. The van der Waals surface area contributed by atoms with Crippen LogP contribution in [0.25, 0.3) is 0 Å². The highest BCUT2D eigenvalue weighted by Gasteiger charge is 2.35. The predicted octanol–water partition coefficient (Wildman–Crippen LogP) is 4.65. The van der Waals surface area contributed by atoms with Crippen molar-refractivity contribution in [2.24, 2.45) is 0 Å². The van der Waals surface area contributed by atoms with Gasteiger partial charge >= 0.3 is 6.18 Å². The maximum Gasteiger partial charge on any atom is 0.421 e. The molecule has 4 N–H and O–H groups in total. The third kappa shape index (κ3) is 8.15. The molecule has 1 saturated heterocycles. The molecule has 2 aromatic carbocycles. The van der Waals surface area contributed by atoms with Gasteiger partial charge in [0.05, 0.1) is 30.1 Å². The average Bonchev–Trinajstić information content (AvgIpc) is 2.97. The van der Waals surface area contributed by atoms with Crippen LogP contribution in [0.3, 0.4) is 0 Å². The van der Waals surface area contributed by atoms with Crippen molar-refractivity contribution in [2.75, 3.05) is 49.2 Å². The number of amides is 1. The van der Waals surface area contributed by atoms with Gasteiger partial charge in [0, 0.05) is 38.9 Å². The van der Waals surface area contributed by atoms with Crippen LogP contribution in [-0.2, 0) is 24.0 Å². The van der Waals surface area contributed by atoms with E-state index in [2.05, 4.69) is 25.9 Å². The van der Waals surface area contributed by atoms with Crippen LogP contribution >= 0.6 is 0 Å². The Kier molecular flexibility index (Phi) is 10.4. The third-order valence-corrected chi connectivity index (χ3v) is 7.86. The van der Waals surface area contributed by atoms with Crippen molar-refractivity contribution < 1.29 is 40.2 Å². The number of likely N-dealkylation sites (tertiary alicyclic amines) is 1. The maximum absolute atomic E-state index is 15.1. The molecule has 1 amide bonds. The summed E-state index contributed by atoms with van der Waals surface area (Å²) < 4.78 is 98.6. The van der Waals surface area contributed by atoms with E-state index in [4.69, 9.17) is 4.74 Å². The zero-order valence-electron chi connectivity index (χ0n) is 24.7. The van der Waals surface area contributed by atoms with Gasteiger partial charge in [0.25, 0.3) is 17.2 Å². The number of benzene rings is 2. The van der Waals surface area contributed by atoms with Crippen molar-refractivity contribution in [3.8, 4) is 5.75 Å². The average molecular weight is 658 g/mol. The molecular weight excluding hydrogens is 625 g/mol. The molecule has 0 bridgehead atoms. The first-order valence-electron chi connectivity index (χ1n) is 13.6. The number of ether oxygens (including phenoxy) is 1. The Morgan fingerprint density at radius 3 is 2.64 bits per heavy atom. The van der Waals surface area contributed by atoms with Crippen molar-refractivity contribution in [1.82, 2.24) is 20.2 Å². The fraction of sp³-hybridized carbons (Fsp3) is 0.393. The highest BCUT2D eigenvalue weighted by atomic mass is 32.2. The largest absolute Gasteiger partial charge is 0.495 e. The summed E-state index contributed by atoms with van der Waals surface area (Å²) in [6.45, 7) is 2.21. The minimum absolute atomic E-state index is 0.0518. The van der Waals surface area contributed by atoms with Crippen LogP contribution in [-0.4, -0.2) is 76.0 Å². The Hall–Kier alpha value is -4.09. The van der Waals surface area contributed by atoms with Gasteiger partial charge in [-0.3, -0.25) is 13.7 Å². The van der Waals surface area contributed by atoms with Crippen LogP contribution in [0, 0.1) is 12.7 Å². The number of halogens is 5. The van der Waals surface area contributed by atoms with Gasteiger partial charge in [0.2, 0.25) is 5.95 Å². The molecule has 0 spiro atoms. The monoisotopic (exact) mass is 657 g/mol. The van der Waals surface area contributed by atoms with Gasteiger partial charge in [-0.15, -0.1) is 0 Å². The normalized spacial score (nSPS) is 17.8. The molecule has 3 atom stereocenters. The van der Waals surface area contributed by atoms with Crippen molar-refractivity contribution in [1.29, 1.82) is 0 Å². The SMILES string of the molecule is COc1cc(C(=O)N[C@@H]2CCN(C)C[C@@H]2F)c(F)cc1Nc1ncc(C(F)(F)F)c(NCc2ccc(C)cc2N(C)S(=O)O)n1. The number of piperidine rings is 1. The van der Waals surface area contributed by atoms with E-state index < -0.39 is 58.3 Å². The summed E-state index contributed by atoms with van der Waals surface area (Å²) in [4.78, 5) is 22.3. The number of anilines is 4. The number of aromatic nitrogens is 2. The summed E-state index contributed by atoms with van der Waals surface area (Å²) in [6.07, 6.45) is -5.30. The summed E-state index contributed by atoms with van der Waals surface area (Å²) in [5.74, 6) is -2.87. The fourth-order valence-corrected chi connectivity index (χ4v) is 5.08. The van der Waals surface area contributed by atoms with Gasteiger partial charge in [-0.05, 0) is 43.7 Å². The number of hydrogen-bond acceptors (Lipinski definition) is 8. The highest BCUT2D eigenvalue weighted by Crippen LogP contribution is 2.36. The molecule has 0 aliphatic carbocycles. The van der Waals surface area contributed by atoms with Gasteiger partial charge < -0.3 is 25.6 Å². The second kappa shape index (κ2) is 13.9. The van der Waals surface area contributed by atoms with Gasteiger partial charge in [-0.2, -0.15) is 18.2 Å². The Bertz CT molecular complexity index is 1580. The zero-order valence-corrected chi connectivity index (χ0v) is 25.5. The molecule has 11 nitrogen and oxygen atoms in total. The smallest absolute Gasteiger partial charge is 0.421 e. The van der Waals surface area contributed by atoms with Crippen LogP contribution in [0.2, 0.25) is 0 Å². The minimum atomic E-state index is -4.84. The van der Waals surface area contributed by atoms with E-state index in [-0.39, 0.29) is 30.5 Å². The van der Waals surface area contributed by atoms with Crippen LogP contribution in [0.15, 0.2) is 36.5 Å². The predicted molar refractivity (Wildman–Crippen MR) is 159 cm³/mol. The van der Waals surface area contributed by atoms with Gasteiger partial charge in [-0.1, -0.05) is 12.1 Å². The lowest BCUT2D eigenvalue weighted by molar-refractivity contribution is -0.137. The molecule has 0 radical (unpaired) electrons. The number of carbonyl (C=O) groups excluding carboxylic acids is 1. The molecule has 3 aromatic rings. The number of methoxy groups -OCH3 is 1. The number of alkyl halides is 4. The first-order valence-corrected chi connectivity index (χ1v) is 14.6. The van der Waals surface area contributed by atoms with E-state index in [9.17, 15) is 31.1 Å². The van der Waals surface area contributed by atoms with Crippen LogP contribution in [0.5, 0.6) is 5.75 Å². The molecule has 1 unspecified atom stereocenters. The summed E-state index contributed by atoms with van der Waals surface area (Å²) in [5, 5.41) is 7.75. The topological polar surface area (TPSA) is 132 Å². The third-order valence-electron chi connectivity index (χ3n) is 7.20. The number of carbonyl (C=O) groups is 1. The number of nitrogens with zero attached hydrogens (tertiary/aromatic N) is 4. The van der Waals surface area contributed by atoms with E-state index >= 15 is 4.39 Å². The van der Waals surface area contributed by atoms with E-state index in [1.54, 1.807) is 37.1 Å². The van der Waals surface area contributed by atoms with E-state index in [1.165, 1.54) is 14.2 Å². The molecule has 1 aliphatic heterocycles. The number of nitrogens with one attached hydrogen (secondary N) is 3. The van der Waals surface area contributed by atoms with Crippen molar-refractivity contribution in [3.05, 3.63) is 64.6 Å². The zero-order chi connectivity index (χ0) is 33.1. The van der Waals surface area contributed by atoms with Gasteiger partial charge in [0.15, 0.2) is 0 Å². The summed E-state index contributed by atoms with van der Waals surface area (Å²) in [6, 6.07) is 6.08. The molecular formula is C28H32F5N7O4S. The molecule has 0 saturated carbocycles. The van der Waals surface area contributed by atoms with Crippen molar-refractivity contribution in [2.45, 2.75) is 38.3 Å². The maximum atomic E-state index is 15.1. The first kappa shape index (κ1) is 33.8. The lowest BCUT2D eigenvalue weighted by Crippen LogP contribution is -2.51. The molecule has 244 valence electrons. The Morgan fingerprint density at radius 1 is 1.27 bits per heavy atom. The molecule has 4 rings (SSSR count). The van der Waals surface area contributed by atoms with Crippen LogP contribution < -0.4 is 25.0 Å².